The maximum Gasteiger partial charge on any atom is 0.147 e. The number of phenolic OH excluding ortho intramolecular Hbond substituents is 1. The van der Waals surface area contributed by atoms with Gasteiger partial charge in [0.25, 0.3) is 0 Å². The lowest BCUT2D eigenvalue weighted by Gasteiger charge is -2.27. The van der Waals surface area contributed by atoms with E-state index < -0.39 is 0 Å². The fourth-order valence-corrected chi connectivity index (χ4v) is 7.68. The maximum absolute atomic E-state index is 11.6. The molecule has 0 aliphatic carbocycles. The Labute approximate surface area is 337 Å². The Bertz CT molecular complexity index is 2770. The number of fused-ring (bicyclic) bond motifs is 2. The van der Waals surface area contributed by atoms with Crippen molar-refractivity contribution in [1.82, 2.24) is 9.55 Å². The smallest absolute Gasteiger partial charge is 0.147 e. The number of phenols is 1. The quantitative estimate of drug-likeness (QED) is 0.165. The van der Waals surface area contributed by atoms with Gasteiger partial charge in [0.1, 0.15) is 11.6 Å². The van der Waals surface area contributed by atoms with Gasteiger partial charge < -0.3 is 5.11 Å². The van der Waals surface area contributed by atoms with Crippen molar-refractivity contribution < 1.29 is 5.11 Å². The molecule has 1 N–H and O–H groups in total. The largest absolute Gasteiger partial charge is 0.507 e. The number of benzene rings is 7. The van der Waals surface area contributed by atoms with Gasteiger partial charge in [-0.05, 0) is 104 Å². The lowest BCUT2D eigenvalue weighted by atomic mass is 9.79. The van der Waals surface area contributed by atoms with Crippen LogP contribution in [-0.2, 0) is 10.8 Å². The van der Waals surface area contributed by atoms with Crippen LogP contribution in [0.1, 0.15) is 83.6 Å². The number of para-hydroxylation sites is 3. The number of imidazole rings is 1. The second-order valence-electron chi connectivity index (χ2n) is 17.6. The molecule has 1 aromatic heterocycles. The molecule has 0 spiro atoms. The van der Waals surface area contributed by atoms with Crippen LogP contribution in [0.5, 0.6) is 5.75 Å². The topological polar surface area (TPSA) is 50.4 Å². The van der Waals surface area contributed by atoms with E-state index in [2.05, 4.69) is 181 Å². The Morgan fingerprint density at radius 1 is 0.614 bits per heavy atom. The zero-order valence-corrected chi connectivity index (χ0v) is 34.3. The normalized spacial score (nSPS) is 12.4. The molecule has 4 heteroatoms. The van der Waals surface area contributed by atoms with E-state index in [1.807, 2.05) is 24.3 Å². The highest BCUT2D eigenvalue weighted by atomic mass is 16.3. The van der Waals surface area contributed by atoms with Crippen molar-refractivity contribution in [2.24, 2.45) is 4.99 Å². The van der Waals surface area contributed by atoms with E-state index >= 15 is 0 Å². The molecule has 8 aromatic rings. The Morgan fingerprint density at radius 2 is 1.25 bits per heavy atom. The number of aromatic nitrogens is 2. The zero-order valence-electron chi connectivity index (χ0n) is 34.3. The molecule has 0 atom stereocenters. The lowest BCUT2D eigenvalue weighted by Crippen LogP contribution is -2.17. The van der Waals surface area contributed by atoms with Gasteiger partial charge in [-0.3, -0.25) is 9.56 Å². The van der Waals surface area contributed by atoms with Crippen LogP contribution in [0, 0.1) is 0 Å². The van der Waals surface area contributed by atoms with Gasteiger partial charge in [-0.2, -0.15) is 0 Å². The first-order valence-corrected chi connectivity index (χ1v) is 20.0. The molecule has 1 heterocycles. The summed E-state index contributed by atoms with van der Waals surface area (Å²) >= 11 is 0. The van der Waals surface area contributed by atoms with Crippen molar-refractivity contribution in [2.45, 2.75) is 72.1 Å². The van der Waals surface area contributed by atoms with Gasteiger partial charge in [0.05, 0.1) is 16.7 Å². The molecule has 0 amide bonds. The van der Waals surface area contributed by atoms with Crippen molar-refractivity contribution in [1.29, 1.82) is 0 Å². The first-order chi connectivity index (χ1) is 27.3. The average Bonchev–Trinajstić information content (AvgIpc) is 3.59. The van der Waals surface area contributed by atoms with E-state index in [1.165, 1.54) is 27.5 Å². The second-order valence-corrected chi connectivity index (χ2v) is 17.6. The van der Waals surface area contributed by atoms with Crippen LogP contribution >= 0.6 is 0 Å². The zero-order chi connectivity index (χ0) is 40.1. The van der Waals surface area contributed by atoms with E-state index in [0.717, 1.165) is 56.0 Å². The molecule has 8 rings (SSSR count). The fraction of sp³-hybridized carbons (Fsp3) is 0.208. The van der Waals surface area contributed by atoms with E-state index in [1.54, 1.807) is 6.21 Å². The molecule has 0 aliphatic rings. The summed E-state index contributed by atoms with van der Waals surface area (Å²) in [5, 5.41) is 13.9. The Hall–Kier alpha value is -6.26. The summed E-state index contributed by atoms with van der Waals surface area (Å²) in [6, 6.07) is 51.6. The number of aromatic hydroxyl groups is 1. The minimum absolute atomic E-state index is 0.0967. The molecule has 0 saturated heterocycles. The molecule has 4 nitrogen and oxygen atoms in total. The maximum atomic E-state index is 11.6. The van der Waals surface area contributed by atoms with Crippen LogP contribution in [-0.4, -0.2) is 20.9 Å². The molecule has 0 bridgehead atoms. The molecule has 0 saturated carbocycles. The van der Waals surface area contributed by atoms with Gasteiger partial charge >= 0.3 is 0 Å². The predicted octanol–water partition coefficient (Wildman–Crippen LogP) is 14.4. The minimum atomic E-state index is -0.238. The van der Waals surface area contributed by atoms with E-state index in [9.17, 15) is 5.11 Å². The van der Waals surface area contributed by atoms with Gasteiger partial charge in [-0.25, -0.2) is 4.98 Å². The van der Waals surface area contributed by atoms with Crippen LogP contribution in [0.25, 0.3) is 61.1 Å². The number of hydrogen-bond donors (Lipinski definition) is 1. The first kappa shape index (κ1) is 37.7. The van der Waals surface area contributed by atoms with Crippen LogP contribution in [0.4, 0.5) is 5.69 Å². The number of hydrogen-bond acceptors (Lipinski definition) is 3. The molecular weight excluding hydrogens is 695 g/mol. The third kappa shape index (κ3) is 7.40. The predicted molar refractivity (Wildman–Crippen MR) is 242 cm³/mol. The summed E-state index contributed by atoms with van der Waals surface area (Å²) < 4.78 is 2.24. The molecule has 57 heavy (non-hydrogen) atoms. The van der Waals surface area contributed by atoms with Gasteiger partial charge in [0.2, 0.25) is 0 Å². The second kappa shape index (κ2) is 14.7. The number of aliphatic imine (C=N–C) groups is 1. The Balaban J connectivity index is 1.24. The van der Waals surface area contributed by atoms with E-state index in [-0.39, 0.29) is 16.6 Å². The van der Waals surface area contributed by atoms with E-state index in [0.29, 0.717) is 11.5 Å². The van der Waals surface area contributed by atoms with Crippen molar-refractivity contribution in [2.75, 3.05) is 0 Å². The van der Waals surface area contributed by atoms with Crippen molar-refractivity contribution in [3.05, 3.63) is 168 Å². The average molecular weight is 746 g/mol. The molecular formula is C53H51N3O. The third-order valence-electron chi connectivity index (χ3n) is 11.1. The third-order valence-corrected chi connectivity index (χ3v) is 11.1. The fourth-order valence-electron chi connectivity index (χ4n) is 7.68. The van der Waals surface area contributed by atoms with Gasteiger partial charge in [0.15, 0.2) is 0 Å². The molecule has 284 valence electrons. The van der Waals surface area contributed by atoms with Crippen LogP contribution in [0.2, 0.25) is 0 Å². The van der Waals surface area contributed by atoms with Gasteiger partial charge in [-0.1, -0.05) is 152 Å². The SMILES string of the molecule is CC(C)c1ccc(-c2ccc3cc(-c4cccc5c4nc(-c4ccccc4N=Cc4cc(C(C)(C)C)cc(C(C)(C)C)c4O)n5-c4ccccc4)ccc3c2)cc1. The van der Waals surface area contributed by atoms with Gasteiger partial charge in [0, 0.05) is 34.2 Å². The van der Waals surface area contributed by atoms with Crippen molar-refractivity contribution in [3.63, 3.8) is 0 Å². The highest BCUT2D eigenvalue weighted by Gasteiger charge is 2.25. The number of rotatable bonds is 7. The minimum Gasteiger partial charge on any atom is -0.507 e. The van der Waals surface area contributed by atoms with Crippen molar-refractivity contribution >= 4 is 33.7 Å². The summed E-state index contributed by atoms with van der Waals surface area (Å²) in [5.74, 6) is 1.58. The Kier molecular flexibility index (Phi) is 9.69. The van der Waals surface area contributed by atoms with Crippen LogP contribution in [0.15, 0.2) is 151 Å². The van der Waals surface area contributed by atoms with Gasteiger partial charge in [-0.15, -0.1) is 0 Å². The van der Waals surface area contributed by atoms with Crippen LogP contribution in [0.3, 0.4) is 0 Å². The summed E-state index contributed by atoms with van der Waals surface area (Å²) in [5.41, 5.74) is 13.0. The highest BCUT2D eigenvalue weighted by molar-refractivity contribution is 5.99. The lowest BCUT2D eigenvalue weighted by molar-refractivity contribution is 0.444. The summed E-state index contributed by atoms with van der Waals surface area (Å²) in [6.07, 6.45) is 1.81. The highest BCUT2D eigenvalue weighted by Crippen LogP contribution is 2.40. The van der Waals surface area contributed by atoms with Crippen molar-refractivity contribution in [3.8, 4) is 45.1 Å². The van der Waals surface area contributed by atoms with Crippen LogP contribution < -0.4 is 0 Å². The van der Waals surface area contributed by atoms with E-state index in [4.69, 9.17) is 9.98 Å². The standard InChI is InChI=1S/C53H51N3O/c1-34(2)35-21-23-36(24-22-35)37-25-26-39-30-40(28-27-38(39)29-37)44-18-14-20-48-49(44)55-51(56(48)43-15-10-9-11-16-43)45-17-12-13-19-47(45)54-33-41-31-42(52(3,4)5)32-46(50(41)57)53(6,7)8/h9-34,57H,1-8H3. The Morgan fingerprint density at radius 3 is 1.93 bits per heavy atom. The molecule has 0 unspecified atom stereocenters. The molecule has 7 aromatic carbocycles. The molecule has 0 fully saturated rings. The number of nitrogens with zero attached hydrogens (tertiary/aromatic N) is 3. The summed E-state index contributed by atoms with van der Waals surface area (Å²) in [4.78, 5) is 10.5. The first-order valence-electron chi connectivity index (χ1n) is 20.0. The summed E-state index contributed by atoms with van der Waals surface area (Å²) in [6.45, 7) is 17.5. The monoisotopic (exact) mass is 745 g/mol. The summed E-state index contributed by atoms with van der Waals surface area (Å²) in [7, 11) is 0. The molecule has 0 aliphatic heterocycles. The molecule has 0 radical (unpaired) electrons.